The van der Waals surface area contributed by atoms with Gasteiger partial charge in [-0.2, -0.15) is 0 Å². The SMILES string of the molecule is COc1ccc(-c2cc(-c3ccccn3)nc(-c3ccccn3)c2)c(OC)c1. The van der Waals surface area contributed by atoms with Gasteiger partial charge in [-0.3, -0.25) is 9.97 Å². The zero-order chi connectivity index (χ0) is 19.3. The van der Waals surface area contributed by atoms with Gasteiger partial charge in [-0.05, 0) is 54.1 Å². The van der Waals surface area contributed by atoms with E-state index in [-0.39, 0.29) is 0 Å². The lowest BCUT2D eigenvalue weighted by atomic mass is 10.0. The topological polar surface area (TPSA) is 57.1 Å². The van der Waals surface area contributed by atoms with Gasteiger partial charge in [0.2, 0.25) is 0 Å². The van der Waals surface area contributed by atoms with E-state index in [2.05, 4.69) is 9.97 Å². The van der Waals surface area contributed by atoms with Crippen LogP contribution in [0.5, 0.6) is 11.5 Å². The number of rotatable bonds is 5. The van der Waals surface area contributed by atoms with Gasteiger partial charge in [0.25, 0.3) is 0 Å². The summed E-state index contributed by atoms with van der Waals surface area (Å²) >= 11 is 0. The van der Waals surface area contributed by atoms with Crippen molar-refractivity contribution in [3.8, 4) is 45.4 Å². The number of pyridine rings is 3. The van der Waals surface area contributed by atoms with Crippen molar-refractivity contribution in [3.63, 3.8) is 0 Å². The van der Waals surface area contributed by atoms with Crippen molar-refractivity contribution in [1.82, 2.24) is 15.0 Å². The van der Waals surface area contributed by atoms with E-state index in [0.717, 1.165) is 45.4 Å². The summed E-state index contributed by atoms with van der Waals surface area (Å²) in [7, 11) is 3.29. The molecule has 0 fully saturated rings. The lowest BCUT2D eigenvalue weighted by Gasteiger charge is -2.13. The number of hydrogen-bond donors (Lipinski definition) is 0. The molecule has 0 aliphatic carbocycles. The van der Waals surface area contributed by atoms with E-state index in [1.807, 2.05) is 66.7 Å². The first kappa shape index (κ1) is 17.7. The fourth-order valence-corrected chi connectivity index (χ4v) is 3.01. The van der Waals surface area contributed by atoms with Crippen molar-refractivity contribution >= 4 is 0 Å². The van der Waals surface area contributed by atoms with E-state index in [9.17, 15) is 0 Å². The predicted molar refractivity (Wildman–Crippen MR) is 109 cm³/mol. The molecule has 0 unspecified atom stereocenters. The molecule has 0 saturated heterocycles. The van der Waals surface area contributed by atoms with Crippen LogP contribution in [0.2, 0.25) is 0 Å². The monoisotopic (exact) mass is 369 g/mol. The molecule has 4 rings (SSSR count). The summed E-state index contributed by atoms with van der Waals surface area (Å²) in [5, 5.41) is 0. The van der Waals surface area contributed by atoms with Crippen molar-refractivity contribution in [3.05, 3.63) is 79.1 Å². The Morgan fingerprint density at radius 3 is 1.79 bits per heavy atom. The molecule has 0 amide bonds. The van der Waals surface area contributed by atoms with Crippen LogP contribution in [0, 0.1) is 0 Å². The van der Waals surface area contributed by atoms with E-state index in [4.69, 9.17) is 14.5 Å². The highest BCUT2D eigenvalue weighted by Gasteiger charge is 2.13. The maximum absolute atomic E-state index is 5.60. The fourth-order valence-electron chi connectivity index (χ4n) is 3.01. The summed E-state index contributed by atoms with van der Waals surface area (Å²) in [4.78, 5) is 13.7. The van der Waals surface area contributed by atoms with Crippen LogP contribution in [0.15, 0.2) is 79.1 Å². The zero-order valence-electron chi connectivity index (χ0n) is 15.7. The maximum Gasteiger partial charge on any atom is 0.130 e. The zero-order valence-corrected chi connectivity index (χ0v) is 15.7. The van der Waals surface area contributed by atoms with E-state index in [1.165, 1.54) is 0 Å². The number of ether oxygens (including phenoxy) is 2. The molecule has 5 heteroatoms. The minimum Gasteiger partial charge on any atom is -0.497 e. The Kier molecular flexibility index (Phi) is 4.97. The van der Waals surface area contributed by atoms with Gasteiger partial charge in [0.1, 0.15) is 11.5 Å². The van der Waals surface area contributed by atoms with Crippen LogP contribution < -0.4 is 9.47 Å². The molecular formula is C23H19N3O2. The highest BCUT2D eigenvalue weighted by molar-refractivity contribution is 5.78. The summed E-state index contributed by atoms with van der Waals surface area (Å²) in [6, 6.07) is 21.4. The maximum atomic E-state index is 5.60. The van der Waals surface area contributed by atoms with Gasteiger partial charge in [0.05, 0.1) is 37.0 Å². The molecule has 5 nitrogen and oxygen atoms in total. The highest BCUT2D eigenvalue weighted by Crippen LogP contribution is 2.36. The van der Waals surface area contributed by atoms with E-state index < -0.39 is 0 Å². The number of nitrogens with zero attached hydrogens (tertiary/aromatic N) is 3. The van der Waals surface area contributed by atoms with Crippen LogP contribution in [0.3, 0.4) is 0 Å². The Morgan fingerprint density at radius 2 is 1.29 bits per heavy atom. The normalized spacial score (nSPS) is 10.5. The molecule has 3 aromatic heterocycles. The third-order valence-electron chi connectivity index (χ3n) is 4.40. The Hall–Kier alpha value is -3.73. The van der Waals surface area contributed by atoms with Gasteiger partial charge in [0, 0.05) is 24.0 Å². The van der Waals surface area contributed by atoms with Crippen molar-refractivity contribution in [2.24, 2.45) is 0 Å². The van der Waals surface area contributed by atoms with Crippen LogP contribution >= 0.6 is 0 Å². The molecule has 0 spiro atoms. The van der Waals surface area contributed by atoms with E-state index >= 15 is 0 Å². The first-order valence-corrected chi connectivity index (χ1v) is 8.86. The Labute approximate surface area is 163 Å². The van der Waals surface area contributed by atoms with Gasteiger partial charge in [-0.15, -0.1) is 0 Å². The van der Waals surface area contributed by atoms with E-state index in [1.54, 1.807) is 26.6 Å². The molecule has 0 bridgehead atoms. The van der Waals surface area contributed by atoms with Gasteiger partial charge in [0.15, 0.2) is 0 Å². The molecule has 3 heterocycles. The van der Waals surface area contributed by atoms with Gasteiger partial charge in [-0.1, -0.05) is 12.1 Å². The van der Waals surface area contributed by atoms with Crippen molar-refractivity contribution in [1.29, 1.82) is 0 Å². The summed E-state index contributed by atoms with van der Waals surface area (Å²) in [5.41, 5.74) is 5.06. The van der Waals surface area contributed by atoms with Crippen LogP contribution in [0.1, 0.15) is 0 Å². The van der Waals surface area contributed by atoms with Crippen LogP contribution in [0.4, 0.5) is 0 Å². The fraction of sp³-hybridized carbons (Fsp3) is 0.0870. The molecule has 1 aromatic carbocycles. The average Bonchev–Trinajstić information content (AvgIpc) is 2.79. The Balaban J connectivity index is 1.92. The lowest BCUT2D eigenvalue weighted by molar-refractivity contribution is 0.395. The number of aromatic nitrogens is 3. The molecule has 0 aliphatic heterocycles. The summed E-state index contributed by atoms with van der Waals surface area (Å²) < 4.78 is 10.9. The lowest BCUT2D eigenvalue weighted by Crippen LogP contribution is -1.95. The minimum absolute atomic E-state index is 0.726. The highest BCUT2D eigenvalue weighted by atomic mass is 16.5. The van der Waals surface area contributed by atoms with Gasteiger partial charge >= 0.3 is 0 Å². The average molecular weight is 369 g/mol. The number of hydrogen-bond acceptors (Lipinski definition) is 5. The van der Waals surface area contributed by atoms with Gasteiger partial charge in [-0.25, -0.2) is 4.98 Å². The largest absolute Gasteiger partial charge is 0.497 e. The standard InChI is InChI=1S/C23H19N3O2/c1-27-17-9-10-18(23(15-17)28-2)16-13-21(19-7-3-5-11-24-19)26-22(14-16)20-8-4-6-12-25-20/h3-15H,1-2H3. The van der Waals surface area contributed by atoms with Gasteiger partial charge < -0.3 is 9.47 Å². The number of benzene rings is 1. The molecule has 0 N–H and O–H groups in total. The van der Waals surface area contributed by atoms with E-state index in [0.29, 0.717) is 0 Å². The van der Waals surface area contributed by atoms with Crippen LogP contribution in [0.25, 0.3) is 33.9 Å². The third kappa shape index (κ3) is 3.55. The third-order valence-corrected chi connectivity index (χ3v) is 4.40. The smallest absolute Gasteiger partial charge is 0.130 e. The molecule has 0 saturated carbocycles. The molecule has 28 heavy (non-hydrogen) atoms. The first-order chi connectivity index (χ1) is 13.8. The quantitative estimate of drug-likeness (QED) is 0.501. The molecular weight excluding hydrogens is 350 g/mol. The molecule has 0 radical (unpaired) electrons. The Bertz CT molecular complexity index is 1030. The van der Waals surface area contributed by atoms with Crippen molar-refractivity contribution in [2.45, 2.75) is 0 Å². The predicted octanol–water partition coefficient (Wildman–Crippen LogP) is 4.89. The molecule has 0 aliphatic rings. The molecule has 0 atom stereocenters. The minimum atomic E-state index is 0.726. The second kappa shape index (κ2) is 7.88. The van der Waals surface area contributed by atoms with Crippen molar-refractivity contribution < 1.29 is 9.47 Å². The second-order valence-corrected chi connectivity index (χ2v) is 6.12. The van der Waals surface area contributed by atoms with Crippen LogP contribution in [-0.4, -0.2) is 29.2 Å². The Morgan fingerprint density at radius 1 is 0.643 bits per heavy atom. The molecule has 138 valence electrons. The second-order valence-electron chi connectivity index (χ2n) is 6.12. The summed E-state index contributed by atoms with van der Waals surface area (Å²) in [6.07, 6.45) is 3.52. The molecule has 4 aromatic rings. The van der Waals surface area contributed by atoms with Crippen molar-refractivity contribution in [2.75, 3.05) is 14.2 Å². The number of methoxy groups -OCH3 is 2. The summed E-state index contributed by atoms with van der Waals surface area (Å²) in [6.45, 7) is 0. The first-order valence-electron chi connectivity index (χ1n) is 8.86. The van der Waals surface area contributed by atoms with Crippen LogP contribution in [-0.2, 0) is 0 Å². The summed E-state index contributed by atoms with van der Waals surface area (Å²) in [5.74, 6) is 1.47.